The molecule has 2 aromatic rings. The maximum Gasteiger partial charge on any atom is 0.335 e. The molecule has 1 aliphatic rings. The van der Waals surface area contributed by atoms with Crippen molar-refractivity contribution >= 4 is 17.7 Å². The van der Waals surface area contributed by atoms with Crippen molar-refractivity contribution in [2.45, 2.75) is 31.8 Å². The highest BCUT2D eigenvalue weighted by Crippen LogP contribution is 2.29. The number of anilines is 1. The predicted molar refractivity (Wildman–Crippen MR) is 92.2 cm³/mol. The van der Waals surface area contributed by atoms with E-state index in [0.29, 0.717) is 6.54 Å². The Morgan fingerprint density at radius 3 is 2.25 bits per heavy atom. The summed E-state index contributed by atoms with van der Waals surface area (Å²) in [5.74, 6) is -0.953. The number of carboxylic acid groups (broad SMARTS) is 1. The van der Waals surface area contributed by atoms with Crippen LogP contribution in [0.15, 0.2) is 54.6 Å². The lowest BCUT2D eigenvalue weighted by Gasteiger charge is -2.37. The molecular weight excluding hydrogens is 304 g/mol. The molecule has 0 radical (unpaired) electrons. The summed E-state index contributed by atoms with van der Waals surface area (Å²) in [5.41, 5.74) is 2.02. The number of carbonyl (C=O) groups excluding carboxylic acids is 1. The summed E-state index contributed by atoms with van der Waals surface area (Å²) in [6, 6.07) is 16.4. The van der Waals surface area contributed by atoms with Crippen LogP contribution in [0.25, 0.3) is 0 Å². The zero-order chi connectivity index (χ0) is 16.9. The van der Waals surface area contributed by atoms with Crippen molar-refractivity contribution in [3.63, 3.8) is 0 Å². The number of hydrogen-bond acceptors (Lipinski definition) is 2. The van der Waals surface area contributed by atoms with Gasteiger partial charge < -0.3 is 10.4 Å². The average molecular weight is 324 g/mol. The molecule has 3 rings (SSSR count). The van der Waals surface area contributed by atoms with Gasteiger partial charge in [-0.1, -0.05) is 30.3 Å². The highest BCUT2D eigenvalue weighted by Gasteiger charge is 2.29. The summed E-state index contributed by atoms with van der Waals surface area (Å²) in [7, 11) is 0. The summed E-state index contributed by atoms with van der Waals surface area (Å²) in [5, 5.41) is 11.8. The highest BCUT2D eigenvalue weighted by molar-refractivity contribution is 5.92. The van der Waals surface area contributed by atoms with Gasteiger partial charge in [-0.05, 0) is 49.1 Å². The molecule has 5 heteroatoms. The number of rotatable bonds is 5. The van der Waals surface area contributed by atoms with E-state index in [2.05, 4.69) is 5.32 Å². The van der Waals surface area contributed by atoms with Crippen molar-refractivity contribution < 1.29 is 14.7 Å². The Balaban J connectivity index is 1.66. The van der Waals surface area contributed by atoms with Crippen LogP contribution < -0.4 is 10.2 Å². The number of urea groups is 1. The molecule has 1 fully saturated rings. The topological polar surface area (TPSA) is 69.6 Å². The predicted octanol–water partition coefficient (Wildman–Crippen LogP) is 3.65. The van der Waals surface area contributed by atoms with Crippen molar-refractivity contribution in [2.24, 2.45) is 0 Å². The molecular formula is C19H20N2O3. The molecule has 5 nitrogen and oxygen atoms in total. The third-order valence-corrected chi connectivity index (χ3v) is 4.34. The molecule has 0 unspecified atom stereocenters. The summed E-state index contributed by atoms with van der Waals surface area (Å²) in [6.07, 6.45) is 3.20. The van der Waals surface area contributed by atoms with Crippen LogP contribution in [0.5, 0.6) is 0 Å². The summed E-state index contributed by atoms with van der Waals surface area (Å²) >= 11 is 0. The fourth-order valence-electron chi connectivity index (χ4n) is 2.76. The first-order valence-corrected chi connectivity index (χ1v) is 8.09. The van der Waals surface area contributed by atoms with Gasteiger partial charge in [-0.15, -0.1) is 0 Å². The molecule has 1 aliphatic carbocycles. The molecule has 2 amide bonds. The van der Waals surface area contributed by atoms with Gasteiger partial charge in [-0.2, -0.15) is 0 Å². The first-order valence-electron chi connectivity index (χ1n) is 8.09. The van der Waals surface area contributed by atoms with Crippen molar-refractivity contribution in [1.82, 2.24) is 5.32 Å². The second kappa shape index (κ2) is 7.17. The van der Waals surface area contributed by atoms with Gasteiger partial charge in [0.25, 0.3) is 0 Å². The minimum atomic E-state index is -0.953. The Labute approximate surface area is 140 Å². The van der Waals surface area contributed by atoms with Crippen LogP contribution in [0, 0.1) is 0 Å². The second-order valence-corrected chi connectivity index (χ2v) is 5.95. The zero-order valence-electron chi connectivity index (χ0n) is 13.3. The maximum absolute atomic E-state index is 12.6. The van der Waals surface area contributed by atoms with Crippen molar-refractivity contribution in [3.05, 3.63) is 65.7 Å². The SMILES string of the molecule is O=C(O)c1ccc(CNC(=O)N(c2ccccc2)C2CCC2)cc1. The van der Waals surface area contributed by atoms with Gasteiger partial charge in [0.15, 0.2) is 0 Å². The van der Waals surface area contributed by atoms with Crippen LogP contribution in [-0.2, 0) is 6.54 Å². The van der Waals surface area contributed by atoms with Gasteiger partial charge in [-0.3, -0.25) is 4.90 Å². The van der Waals surface area contributed by atoms with Gasteiger partial charge in [0, 0.05) is 18.3 Å². The van der Waals surface area contributed by atoms with Crippen LogP contribution in [0.2, 0.25) is 0 Å². The lowest BCUT2D eigenvalue weighted by molar-refractivity contribution is 0.0697. The van der Waals surface area contributed by atoms with Crippen molar-refractivity contribution in [1.29, 1.82) is 0 Å². The van der Waals surface area contributed by atoms with Gasteiger partial charge in [0.2, 0.25) is 0 Å². The molecule has 0 atom stereocenters. The van der Waals surface area contributed by atoms with Crippen molar-refractivity contribution in [2.75, 3.05) is 4.90 Å². The van der Waals surface area contributed by atoms with E-state index in [1.807, 2.05) is 35.2 Å². The van der Waals surface area contributed by atoms with Crippen LogP contribution in [0.4, 0.5) is 10.5 Å². The Kier molecular flexibility index (Phi) is 4.79. The second-order valence-electron chi connectivity index (χ2n) is 5.95. The zero-order valence-corrected chi connectivity index (χ0v) is 13.3. The molecule has 0 saturated heterocycles. The van der Waals surface area contributed by atoms with E-state index in [9.17, 15) is 9.59 Å². The number of para-hydroxylation sites is 1. The smallest absolute Gasteiger partial charge is 0.335 e. The number of hydrogen-bond donors (Lipinski definition) is 2. The quantitative estimate of drug-likeness (QED) is 0.882. The van der Waals surface area contributed by atoms with E-state index in [1.165, 1.54) is 0 Å². The molecule has 2 aromatic carbocycles. The van der Waals surface area contributed by atoms with E-state index >= 15 is 0 Å². The summed E-state index contributed by atoms with van der Waals surface area (Å²) < 4.78 is 0. The number of aromatic carboxylic acids is 1. The molecule has 0 spiro atoms. The normalized spacial score (nSPS) is 13.8. The molecule has 124 valence electrons. The van der Waals surface area contributed by atoms with Gasteiger partial charge in [0.05, 0.1) is 5.56 Å². The number of benzene rings is 2. The number of nitrogens with zero attached hydrogens (tertiary/aromatic N) is 1. The first-order chi connectivity index (χ1) is 11.6. The largest absolute Gasteiger partial charge is 0.478 e. The Morgan fingerprint density at radius 1 is 1.04 bits per heavy atom. The highest BCUT2D eigenvalue weighted by atomic mass is 16.4. The summed E-state index contributed by atoms with van der Waals surface area (Å²) in [6.45, 7) is 0.370. The third kappa shape index (κ3) is 3.56. The first kappa shape index (κ1) is 16.1. The minimum absolute atomic E-state index is 0.117. The van der Waals surface area contributed by atoms with E-state index in [4.69, 9.17) is 5.11 Å². The number of carboxylic acids is 1. The molecule has 0 bridgehead atoms. The maximum atomic E-state index is 12.6. The minimum Gasteiger partial charge on any atom is -0.478 e. The number of carbonyl (C=O) groups is 2. The Morgan fingerprint density at radius 2 is 1.71 bits per heavy atom. The van der Waals surface area contributed by atoms with Gasteiger partial charge in [-0.25, -0.2) is 9.59 Å². The van der Waals surface area contributed by atoms with E-state index in [-0.39, 0.29) is 17.6 Å². The van der Waals surface area contributed by atoms with Gasteiger partial charge >= 0.3 is 12.0 Å². The van der Waals surface area contributed by atoms with Crippen molar-refractivity contribution in [3.8, 4) is 0 Å². The third-order valence-electron chi connectivity index (χ3n) is 4.34. The molecule has 2 N–H and O–H groups in total. The standard InChI is InChI=1S/C19H20N2O3/c22-18(23)15-11-9-14(10-12-15)13-20-19(24)21(17-7-4-8-17)16-5-2-1-3-6-16/h1-3,5-6,9-12,17H,4,7-8,13H2,(H,20,24)(H,22,23). The lowest BCUT2D eigenvalue weighted by atomic mass is 9.91. The van der Waals surface area contributed by atoms with Crippen LogP contribution in [0.1, 0.15) is 35.2 Å². The number of amides is 2. The van der Waals surface area contributed by atoms with Gasteiger partial charge in [0.1, 0.15) is 0 Å². The molecule has 1 saturated carbocycles. The lowest BCUT2D eigenvalue weighted by Crippen LogP contribution is -2.49. The Hall–Kier alpha value is -2.82. The summed E-state index contributed by atoms with van der Waals surface area (Å²) in [4.78, 5) is 25.3. The van der Waals surface area contributed by atoms with E-state index in [1.54, 1.807) is 24.3 Å². The fourth-order valence-corrected chi connectivity index (χ4v) is 2.76. The van der Waals surface area contributed by atoms with E-state index < -0.39 is 5.97 Å². The van der Waals surface area contributed by atoms with Crippen LogP contribution >= 0.6 is 0 Å². The Bertz CT molecular complexity index is 709. The molecule has 0 aliphatic heterocycles. The molecule has 0 heterocycles. The monoisotopic (exact) mass is 324 g/mol. The molecule has 0 aromatic heterocycles. The fraction of sp³-hybridized carbons (Fsp3) is 0.263. The average Bonchev–Trinajstić information content (AvgIpc) is 2.57. The van der Waals surface area contributed by atoms with E-state index in [0.717, 1.165) is 30.5 Å². The van der Waals surface area contributed by atoms with Crippen LogP contribution in [-0.4, -0.2) is 23.1 Å². The number of nitrogens with one attached hydrogen (secondary N) is 1. The van der Waals surface area contributed by atoms with Crippen LogP contribution in [0.3, 0.4) is 0 Å². The molecule has 24 heavy (non-hydrogen) atoms.